The molecule has 0 atom stereocenters. The number of likely N-dealkylation sites (N-methyl/N-ethyl adjacent to an activating group) is 1. The first-order valence-electron chi connectivity index (χ1n) is 13.9. The van der Waals surface area contributed by atoms with Crippen LogP contribution in [0.25, 0.3) is 16.5 Å². The van der Waals surface area contributed by atoms with E-state index in [9.17, 15) is 0 Å². The van der Waals surface area contributed by atoms with Gasteiger partial charge in [0.05, 0.1) is 5.69 Å². The normalized spacial score (nSPS) is 20.2. The second-order valence-corrected chi connectivity index (χ2v) is 10.4. The van der Waals surface area contributed by atoms with Crippen LogP contribution in [0, 0.1) is 0 Å². The summed E-state index contributed by atoms with van der Waals surface area (Å²) in [5.41, 5.74) is 8.30. The lowest BCUT2D eigenvalue weighted by Gasteiger charge is -2.37. The number of rotatable bonds is 8. The zero-order valence-electron chi connectivity index (χ0n) is 23.7. The lowest BCUT2D eigenvalue weighted by molar-refractivity contribution is 0.157. The maximum absolute atomic E-state index is 4.52. The number of nitrogens with one attached hydrogen (secondary N) is 1. The Morgan fingerprint density at radius 2 is 1.88 bits per heavy atom. The van der Waals surface area contributed by atoms with Crippen molar-refractivity contribution in [2.24, 2.45) is 7.05 Å². The number of piperidine rings is 1. The molecule has 0 amide bonds. The number of benzene rings is 1. The van der Waals surface area contributed by atoms with Crippen LogP contribution in [-0.2, 0) is 13.6 Å². The zero-order valence-corrected chi connectivity index (χ0v) is 23.7. The molecular formula is C35H39N5. The molecule has 5 rings (SSSR count). The molecule has 40 heavy (non-hydrogen) atoms. The summed E-state index contributed by atoms with van der Waals surface area (Å²) in [6.45, 7) is 16.1. The predicted octanol–water partition coefficient (Wildman–Crippen LogP) is 6.74. The molecule has 0 radical (unpaired) electrons. The number of allylic oxidation sites excluding steroid dienone is 8. The van der Waals surface area contributed by atoms with Crippen molar-refractivity contribution in [2.45, 2.75) is 25.4 Å². The highest BCUT2D eigenvalue weighted by molar-refractivity contribution is 5.99. The number of aromatic nitrogens is 2. The van der Waals surface area contributed by atoms with Crippen LogP contribution in [0.2, 0.25) is 0 Å². The second-order valence-electron chi connectivity index (χ2n) is 10.4. The Balaban J connectivity index is 1.51. The Kier molecular flexibility index (Phi) is 8.32. The molecule has 2 aliphatic heterocycles. The fourth-order valence-corrected chi connectivity index (χ4v) is 5.73. The molecule has 5 heteroatoms. The summed E-state index contributed by atoms with van der Waals surface area (Å²) in [4.78, 5) is 9.39. The van der Waals surface area contributed by atoms with Gasteiger partial charge < -0.3 is 14.8 Å². The fraction of sp³-hybridized carbons (Fsp3) is 0.229. The standard InChI is InChI=1S/C35H39N5/c1-6-30(35(27(3)36-4)33-24-38(5)34-16-8-7-15-31(33)34)32-25-40(20-12-10-13-26(32)2)29-17-21-39(22-18-29)23-28-14-9-11-19-37-28/h6-16,19-20,24-25,29,36H,1-3,17-18,21-23H2,4-5H3/b13-10-,20-12-,32-25+,35-30-. The van der Waals surface area contributed by atoms with Crippen molar-refractivity contribution in [3.63, 3.8) is 0 Å². The van der Waals surface area contributed by atoms with Crippen LogP contribution in [0.1, 0.15) is 24.1 Å². The number of likely N-dealkylation sites (tertiary alicyclic amines) is 1. The first-order chi connectivity index (χ1) is 19.5. The number of nitrogens with zero attached hydrogens (tertiary/aromatic N) is 4. The number of hydrogen-bond acceptors (Lipinski definition) is 4. The minimum atomic E-state index is 0.394. The Labute approximate surface area is 238 Å². The smallest absolute Gasteiger partial charge is 0.0543 e. The van der Waals surface area contributed by atoms with Gasteiger partial charge >= 0.3 is 0 Å². The largest absolute Gasteiger partial charge is 0.388 e. The highest BCUT2D eigenvalue weighted by Crippen LogP contribution is 2.37. The molecule has 2 aliphatic rings. The maximum Gasteiger partial charge on any atom is 0.0543 e. The number of aryl methyl sites for hydroxylation is 1. The van der Waals surface area contributed by atoms with Crippen LogP contribution in [0.15, 0.2) is 134 Å². The van der Waals surface area contributed by atoms with Gasteiger partial charge in [-0.1, -0.05) is 62.2 Å². The molecule has 3 aromatic rings. The van der Waals surface area contributed by atoms with Crippen LogP contribution < -0.4 is 5.32 Å². The molecule has 1 N–H and O–H groups in total. The molecular weight excluding hydrogens is 490 g/mol. The SMILES string of the molecule is C=CC(/C1=C/N(C2CCN(Cc3ccccn3)CC2)/C=C\C=C/C1=C)=C(\C(=C)NC)c1cn(C)c2ccccc12. The zero-order chi connectivity index (χ0) is 28.1. The monoisotopic (exact) mass is 529 g/mol. The van der Waals surface area contributed by atoms with Gasteiger partial charge in [0, 0.05) is 97.9 Å². The summed E-state index contributed by atoms with van der Waals surface area (Å²) in [6.07, 6.45) is 18.8. The van der Waals surface area contributed by atoms with E-state index in [-0.39, 0.29) is 0 Å². The third-order valence-corrected chi connectivity index (χ3v) is 7.91. The van der Waals surface area contributed by atoms with E-state index in [1.807, 2.05) is 25.4 Å². The number of pyridine rings is 1. The quantitative estimate of drug-likeness (QED) is 0.328. The third kappa shape index (κ3) is 5.65. The van der Waals surface area contributed by atoms with Crippen molar-refractivity contribution >= 4 is 16.5 Å². The van der Waals surface area contributed by atoms with Crippen molar-refractivity contribution < 1.29 is 0 Å². The Morgan fingerprint density at radius 3 is 2.60 bits per heavy atom. The van der Waals surface area contributed by atoms with Crippen molar-refractivity contribution in [3.8, 4) is 0 Å². The first-order valence-corrected chi connectivity index (χ1v) is 13.9. The van der Waals surface area contributed by atoms with E-state index in [0.717, 1.165) is 71.7 Å². The molecule has 1 aromatic carbocycles. The van der Waals surface area contributed by atoms with Crippen LogP contribution in [0.5, 0.6) is 0 Å². The minimum Gasteiger partial charge on any atom is -0.388 e. The lowest BCUT2D eigenvalue weighted by atomic mass is 9.88. The molecule has 5 nitrogen and oxygen atoms in total. The van der Waals surface area contributed by atoms with Gasteiger partial charge in [0.25, 0.3) is 0 Å². The summed E-state index contributed by atoms with van der Waals surface area (Å²) >= 11 is 0. The molecule has 2 aromatic heterocycles. The van der Waals surface area contributed by atoms with E-state index in [4.69, 9.17) is 0 Å². The minimum absolute atomic E-state index is 0.394. The summed E-state index contributed by atoms with van der Waals surface area (Å²) in [5.74, 6) is 0. The molecule has 0 saturated carbocycles. The van der Waals surface area contributed by atoms with Crippen molar-refractivity contribution in [1.82, 2.24) is 24.7 Å². The molecule has 0 bridgehead atoms. The molecule has 1 saturated heterocycles. The van der Waals surface area contributed by atoms with Gasteiger partial charge in [-0.15, -0.1) is 0 Å². The summed E-state index contributed by atoms with van der Waals surface area (Å²) in [6, 6.07) is 15.0. The number of fused-ring (bicyclic) bond motifs is 1. The summed E-state index contributed by atoms with van der Waals surface area (Å²) < 4.78 is 2.17. The van der Waals surface area contributed by atoms with Crippen LogP contribution in [0.4, 0.5) is 0 Å². The highest BCUT2D eigenvalue weighted by Gasteiger charge is 2.25. The number of para-hydroxylation sites is 1. The van der Waals surface area contributed by atoms with E-state index in [0.29, 0.717) is 6.04 Å². The number of hydrogen-bond donors (Lipinski definition) is 1. The Hall–Kier alpha value is -4.35. The van der Waals surface area contributed by atoms with Crippen LogP contribution in [0.3, 0.4) is 0 Å². The molecule has 204 valence electrons. The fourth-order valence-electron chi connectivity index (χ4n) is 5.73. The van der Waals surface area contributed by atoms with Gasteiger partial charge in [-0.25, -0.2) is 0 Å². The van der Waals surface area contributed by atoms with Gasteiger partial charge in [0.15, 0.2) is 0 Å². The van der Waals surface area contributed by atoms with Crippen molar-refractivity contribution in [1.29, 1.82) is 0 Å². The van der Waals surface area contributed by atoms with Gasteiger partial charge in [0.2, 0.25) is 0 Å². The van der Waals surface area contributed by atoms with E-state index >= 15 is 0 Å². The molecule has 1 fully saturated rings. The molecule has 4 heterocycles. The second kappa shape index (κ2) is 12.2. The van der Waals surface area contributed by atoms with E-state index in [1.54, 1.807) is 0 Å². The average molecular weight is 530 g/mol. The predicted molar refractivity (Wildman–Crippen MR) is 168 cm³/mol. The van der Waals surface area contributed by atoms with Gasteiger partial charge in [-0.2, -0.15) is 0 Å². The van der Waals surface area contributed by atoms with E-state index in [2.05, 4.69) is 125 Å². The molecule has 0 unspecified atom stereocenters. The van der Waals surface area contributed by atoms with Crippen LogP contribution in [-0.4, -0.2) is 45.5 Å². The molecule has 0 aliphatic carbocycles. The van der Waals surface area contributed by atoms with Gasteiger partial charge in [-0.05, 0) is 48.3 Å². The maximum atomic E-state index is 4.52. The topological polar surface area (TPSA) is 36.3 Å². The van der Waals surface area contributed by atoms with E-state index < -0.39 is 0 Å². The summed E-state index contributed by atoms with van der Waals surface area (Å²) in [5, 5.41) is 4.49. The van der Waals surface area contributed by atoms with E-state index in [1.165, 1.54) is 10.9 Å². The lowest BCUT2D eigenvalue weighted by Crippen LogP contribution is -2.41. The average Bonchev–Trinajstić information content (AvgIpc) is 3.31. The first kappa shape index (κ1) is 27.2. The third-order valence-electron chi connectivity index (χ3n) is 7.91. The van der Waals surface area contributed by atoms with Gasteiger partial charge in [-0.3, -0.25) is 9.88 Å². The van der Waals surface area contributed by atoms with Gasteiger partial charge in [0.1, 0.15) is 0 Å². The van der Waals surface area contributed by atoms with Crippen LogP contribution >= 0.6 is 0 Å². The van der Waals surface area contributed by atoms with Crippen molar-refractivity contribution in [2.75, 3.05) is 20.1 Å². The van der Waals surface area contributed by atoms with Crippen molar-refractivity contribution in [3.05, 3.63) is 145 Å². The Bertz CT molecular complexity index is 1520. The summed E-state index contributed by atoms with van der Waals surface area (Å²) in [7, 11) is 4.01. The molecule has 0 spiro atoms. The Morgan fingerprint density at radius 1 is 1.10 bits per heavy atom. The highest BCUT2D eigenvalue weighted by atomic mass is 15.2.